The Bertz CT molecular complexity index is 971. The molecule has 0 aliphatic carbocycles. The maximum Gasteiger partial charge on any atom is 0.255 e. The number of carbonyl (C=O) groups excluding carboxylic acids is 1. The molecule has 2 heterocycles. The molecule has 1 saturated heterocycles. The predicted octanol–water partition coefficient (Wildman–Crippen LogP) is 3.23. The molecular weight excluding hydrogens is 359 g/mol. The lowest BCUT2D eigenvalue weighted by atomic mass is 10.1. The van der Waals surface area contributed by atoms with E-state index in [0.717, 1.165) is 30.0 Å². The number of hydrogen-bond acceptors (Lipinski definition) is 4. The number of nitrogens with zero attached hydrogens (tertiary/aromatic N) is 2. The van der Waals surface area contributed by atoms with Crippen LogP contribution in [0.2, 0.25) is 0 Å². The Kier molecular flexibility index (Phi) is 4.97. The first-order valence-electron chi connectivity index (χ1n) is 9.14. The van der Waals surface area contributed by atoms with Crippen LogP contribution in [0.3, 0.4) is 0 Å². The van der Waals surface area contributed by atoms with E-state index in [1.165, 1.54) is 12.1 Å². The van der Waals surface area contributed by atoms with Gasteiger partial charge in [-0.1, -0.05) is 12.1 Å². The van der Waals surface area contributed by atoms with Crippen LogP contribution < -0.4 is 15.0 Å². The summed E-state index contributed by atoms with van der Waals surface area (Å²) in [5, 5.41) is 10.4. The number of nitrogens with one attached hydrogen (secondary N) is 2. The third-order valence-electron chi connectivity index (χ3n) is 4.92. The summed E-state index contributed by atoms with van der Waals surface area (Å²) in [4.78, 5) is 14.7. The topological polar surface area (TPSA) is 70.2 Å². The highest BCUT2D eigenvalue weighted by atomic mass is 19.1. The molecule has 2 N–H and O–H groups in total. The minimum absolute atomic E-state index is 0.0309. The average molecular weight is 380 g/mol. The summed E-state index contributed by atoms with van der Waals surface area (Å²) < 4.78 is 18.4. The van der Waals surface area contributed by atoms with Gasteiger partial charge in [0.2, 0.25) is 0 Å². The molecule has 1 aromatic heterocycles. The Hall–Kier alpha value is -3.35. The second-order valence-electron chi connectivity index (χ2n) is 6.75. The van der Waals surface area contributed by atoms with Crippen molar-refractivity contribution in [1.82, 2.24) is 15.5 Å². The highest BCUT2D eigenvalue weighted by Gasteiger charge is 2.26. The Morgan fingerprint density at radius 3 is 2.82 bits per heavy atom. The van der Waals surface area contributed by atoms with E-state index in [4.69, 9.17) is 4.74 Å². The van der Waals surface area contributed by atoms with Gasteiger partial charge in [-0.2, -0.15) is 5.10 Å². The predicted molar refractivity (Wildman–Crippen MR) is 105 cm³/mol. The number of anilines is 1. The van der Waals surface area contributed by atoms with Crippen LogP contribution in [0.25, 0.3) is 11.3 Å². The SMILES string of the molecule is COc1ccccc1C(=O)N[C@H]1CCN(c2cc(-c3ccc(F)cc3)[nH]n2)C1. The minimum atomic E-state index is -0.267. The van der Waals surface area contributed by atoms with E-state index >= 15 is 0 Å². The monoisotopic (exact) mass is 380 g/mol. The van der Waals surface area contributed by atoms with E-state index in [-0.39, 0.29) is 17.8 Å². The average Bonchev–Trinajstić information content (AvgIpc) is 3.38. The number of para-hydroxylation sites is 1. The molecule has 1 fully saturated rings. The molecule has 144 valence electrons. The standard InChI is InChI=1S/C21H21FN4O2/c1-28-19-5-3-2-4-17(19)21(27)23-16-10-11-26(13-16)20-12-18(24-25-20)14-6-8-15(22)9-7-14/h2-9,12,16H,10-11,13H2,1H3,(H,23,27)(H,24,25)/t16-/m0/s1. The zero-order valence-corrected chi connectivity index (χ0v) is 15.5. The molecule has 6 nitrogen and oxygen atoms in total. The number of hydrogen-bond donors (Lipinski definition) is 2. The fraction of sp³-hybridized carbons (Fsp3) is 0.238. The van der Waals surface area contributed by atoms with Gasteiger partial charge >= 0.3 is 0 Å². The van der Waals surface area contributed by atoms with Gasteiger partial charge in [0.1, 0.15) is 11.6 Å². The highest BCUT2D eigenvalue weighted by molar-refractivity contribution is 5.97. The number of carbonyl (C=O) groups is 1. The van der Waals surface area contributed by atoms with Crippen LogP contribution in [0.5, 0.6) is 5.75 Å². The molecule has 4 rings (SSSR count). The molecule has 0 unspecified atom stereocenters. The van der Waals surface area contributed by atoms with E-state index in [9.17, 15) is 9.18 Å². The molecule has 1 aliphatic heterocycles. The fourth-order valence-electron chi connectivity index (χ4n) is 3.43. The normalized spacial score (nSPS) is 16.2. The molecule has 7 heteroatoms. The molecule has 0 spiro atoms. The van der Waals surface area contributed by atoms with Crippen LogP contribution in [-0.4, -0.2) is 42.3 Å². The van der Waals surface area contributed by atoms with Crippen molar-refractivity contribution in [3.8, 4) is 17.0 Å². The number of amides is 1. The van der Waals surface area contributed by atoms with E-state index in [1.807, 2.05) is 18.2 Å². The Balaban J connectivity index is 1.40. The van der Waals surface area contributed by atoms with Crippen molar-refractivity contribution in [2.75, 3.05) is 25.1 Å². The van der Waals surface area contributed by atoms with Crippen molar-refractivity contribution in [2.45, 2.75) is 12.5 Å². The van der Waals surface area contributed by atoms with E-state index in [0.29, 0.717) is 17.9 Å². The van der Waals surface area contributed by atoms with Crippen LogP contribution in [-0.2, 0) is 0 Å². The van der Waals surface area contributed by atoms with Gasteiger partial charge in [0.25, 0.3) is 5.91 Å². The Morgan fingerprint density at radius 2 is 2.04 bits per heavy atom. The van der Waals surface area contributed by atoms with Crippen LogP contribution in [0.4, 0.5) is 10.2 Å². The van der Waals surface area contributed by atoms with Crippen LogP contribution in [0.1, 0.15) is 16.8 Å². The zero-order valence-electron chi connectivity index (χ0n) is 15.5. The minimum Gasteiger partial charge on any atom is -0.496 e. The summed E-state index contributed by atoms with van der Waals surface area (Å²) in [5.41, 5.74) is 2.23. The Labute approximate surface area is 162 Å². The van der Waals surface area contributed by atoms with Crippen molar-refractivity contribution < 1.29 is 13.9 Å². The first kappa shape index (κ1) is 18.0. The van der Waals surface area contributed by atoms with Crippen molar-refractivity contribution in [3.63, 3.8) is 0 Å². The van der Waals surface area contributed by atoms with Crippen LogP contribution in [0.15, 0.2) is 54.6 Å². The number of rotatable bonds is 5. The Morgan fingerprint density at radius 1 is 1.25 bits per heavy atom. The summed E-state index contributed by atoms with van der Waals surface area (Å²) in [6.07, 6.45) is 0.833. The lowest BCUT2D eigenvalue weighted by Gasteiger charge is -2.16. The number of aromatic nitrogens is 2. The molecule has 0 radical (unpaired) electrons. The molecule has 1 aliphatic rings. The second-order valence-corrected chi connectivity index (χ2v) is 6.75. The smallest absolute Gasteiger partial charge is 0.255 e. The highest BCUT2D eigenvalue weighted by Crippen LogP contribution is 2.25. The van der Waals surface area contributed by atoms with Gasteiger partial charge in [0.05, 0.1) is 18.4 Å². The molecule has 3 aromatic rings. The molecule has 0 bridgehead atoms. The van der Waals surface area contributed by atoms with E-state index < -0.39 is 0 Å². The summed E-state index contributed by atoms with van der Waals surface area (Å²) >= 11 is 0. The van der Waals surface area contributed by atoms with Gasteiger partial charge in [-0.15, -0.1) is 0 Å². The largest absolute Gasteiger partial charge is 0.496 e. The van der Waals surface area contributed by atoms with Gasteiger partial charge in [-0.3, -0.25) is 9.89 Å². The van der Waals surface area contributed by atoms with Crippen LogP contribution >= 0.6 is 0 Å². The number of aromatic amines is 1. The number of methoxy groups -OCH3 is 1. The maximum absolute atomic E-state index is 13.1. The van der Waals surface area contributed by atoms with Crippen LogP contribution in [0, 0.1) is 5.82 Å². The van der Waals surface area contributed by atoms with Gasteiger partial charge in [-0.25, -0.2) is 4.39 Å². The summed E-state index contributed by atoms with van der Waals surface area (Å²) in [5.74, 6) is 0.967. The zero-order chi connectivity index (χ0) is 19.5. The third-order valence-corrected chi connectivity index (χ3v) is 4.92. The molecular formula is C21H21FN4O2. The van der Waals surface area contributed by atoms with E-state index in [1.54, 1.807) is 31.4 Å². The number of halogens is 1. The first-order valence-corrected chi connectivity index (χ1v) is 9.14. The van der Waals surface area contributed by atoms with E-state index in [2.05, 4.69) is 20.4 Å². The first-order chi connectivity index (χ1) is 13.6. The van der Waals surface area contributed by atoms with Gasteiger partial charge in [0, 0.05) is 25.2 Å². The number of H-pyrrole nitrogens is 1. The maximum atomic E-state index is 13.1. The summed E-state index contributed by atoms with van der Waals surface area (Å²) in [6, 6.07) is 15.4. The van der Waals surface area contributed by atoms with Crippen molar-refractivity contribution in [2.24, 2.45) is 0 Å². The van der Waals surface area contributed by atoms with Crippen molar-refractivity contribution >= 4 is 11.7 Å². The lowest BCUT2D eigenvalue weighted by Crippen LogP contribution is -2.37. The fourth-order valence-corrected chi connectivity index (χ4v) is 3.43. The summed E-state index contributed by atoms with van der Waals surface area (Å²) in [7, 11) is 1.56. The van der Waals surface area contributed by atoms with Gasteiger partial charge in [-0.05, 0) is 48.4 Å². The number of ether oxygens (including phenoxy) is 1. The number of benzene rings is 2. The molecule has 0 saturated carbocycles. The van der Waals surface area contributed by atoms with Gasteiger partial charge < -0.3 is 15.0 Å². The molecule has 28 heavy (non-hydrogen) atoms. The van der Waals surface area contributed by atoms with Crippen molar-refractivity contribution in [1.29, 1.82) is 0 Å². The third kappa shape index (κ3) is 3.69. The molecule has 1 amide bonds. The quantitative estimate of drug-likeness (QED) is 0.713. The van der Waals surface area contributed by atoms with Gasteiger partial charge in [0.15, 0.2) is 5.82 Å². The second kappa shape index (κ2) is 7.72. The van der Waals surface area contributed by atoms with Crippen molar-refractivity contribution in [3.05, 3.63) is 66.0 Å². The summed E-state index contributed by atoms with van der Waals surface area (Å²) in [6.45, 7) is 1.47. The molecule has 1 atom stereocenters. The lowest BCUT2D eigenvalue weighted by molar-refractivity contribution is 0.0937. The molecule has 2 aromatic carbocycles.